The number of rotatable bonds is 3. The first-order valence-corrected chi connectivity index (χ1v) is 6.01. The Bertz CT molecular complexity index is 441. The topological polar surface area (TPSA) is 72.8 Å². The standard InChI is InChI=1S/C13H18N2O3/c1-8(9-5-10(16)7-11(17)6-9)14-12-3-4-15(2)13(12)18/h5-8,12,14,16-17H,3-4H2,1-2H3. The zero-order chi connectivity index (χ0) is 13.3. The van der Waals surface area contributed by atoms with Gasteiger partial charge in [0, 0.05) is 25.7 Å². The number of likely N-dealkylation sites (tertiary alicyclic amines) is 1. The van der Waals surface area contributed by atoms with Gasteiger partial charge in [0.05, 0.1) is 6.04 Å². The number of hydrogen-bond acceptors (Lipinski definition) is 4. The molecule has 1 amide bonds. The number of phenolic OH excluding ortho intramolecular Hbond substituents is 2. The zero-order valence-corrected chi connectivity index (χ0v) is 10.6. The largest absolute Gasteiger partial charge is 0.508 e. The third-order valence-corrected chi connectivity index (χ3v) is 3.30. The molecule has 1 aliphatic heterocycles. The molecule has 18 heavy (non-hydrogen) atoms. The number of hydrogen-bond donors (Lipinski definition) is 3. The first-order chi connectivity index (χ1) is 8.47. The lowest BCUT2D eigenvalue weighted by Gasteiger charge is -2.19. The highest BCUT2D eigenvalue weighted by atomic mass is 16.3. The molecule has 0 radical (unpaired) electrons. The molecule has 2 unspecified atom stereocenters. The lowest BCUT2D eigenvalue weighted by molar-refractivity contribution is -0.128. The Balaban J connectivity index is 2.08. The van der Waals surface area contributed by atoms with Gasteiger partial charge in [-0.15, -0.1) is 0 Å². The minimum absolute atomic E-state index is 0.0218. The van der Waals surface area contributed by atoms with Gasteiger partial charge in [-0.2, -0.15) is 0 Å². The van der Waals surface area contributed by atoms with Crippen molar-refractivity contribution in [1.29, 1.82) is 0 Å². The lowest BCUT2D eigenvalue weighted by atomic mass is 10.1. The average molecular weight is 250 g/mol. The van der Waals surface area contributed by atoms with Crippen molar-refractivity contribution in [1.82, 2.24) is 10.2 Å². The van der Waals surface area contributed by atoms with E-state index in [1.165, 1.54) is 6.07 Å². The number of benzene rings is 1. The number of nitrogens with zero attached hydrogens (tertiary/aromatic N) is 1. The molecule has 5 heteroatoms. The Morgan fingerprint density at radius 1 is 1.33 bits per heavy atom. The molecule has 1 saturated heterocycles. The summed E-state index contributed by atoms with van der Waals surface area (Å²) in [6.45, 7) is 2.66. The first-order valence-electron chi connectivity index (χ1n) is 6.01. The molecule has 2 rings (SSSR count). The number of carbonyl (C=O) groups is 1. The molecule has 5 nitrogen and oxygen atoms in total. The van der Waals surface area contributed by atoms with Crippen LogP contribution in [-0.4, -0.2) is 40.7 Å². The van der Waals surface area contributed by atoms with E-state index >= 15 is 0 Å². The fourth-order valence-electron chi connectivity index (χ4n) is 2.24. The smallest absolute Gasteiger partial charge is 0.239 e. The summed E-state index contributed by atoms with van der Waals surface area (Å²) in [6, 6.07) is 4.16. The van der Waals surface area contributed by atoms with Crippen LogP contribution in [0.15, 0.2) is 18.2 Å². The summed E-state index contributed by atoms with van der Waals surface area (Å²) < 4.78 is 0. The molecule has 1 aromatic rings. The predicted molar refractivity (Wildman–Crippen MR) is 67.4 cm³/mol. The van der Waals surface area contributed by atoms with E-state index in [0.717, 1.165) is 18.5 Å². The highest BCUT2D eigenvalue weighted by Crippen LogP contribution is 2.25. The Hall–Kier alpha value is -1.75. The predicted octanol–water partition coefficient (Wildman–Crippen LogP) is 0.979. The highest BCUT2D eigenvalue weighted by Gasteiger charge is 2.30. The molecule has 0 saturated carbocycles. The Morgan fingerprint density at radius 3 is 2.44 bits per heavy atom. The summed E-state index contributed by atoms with van der Waals surface area (Å²) in [7, 11) is 1.79. The third-order valence-electron chi connectivity index (χ3n) is 3.30. The van der Waals surface area contributed by atoms with Crippen molar-refractivity contribution < 1.29 is 15.0 Å². The average Bonchev–Trinajstić information content (AvgIpc) is 2.59. The molecule has 3 N–H and O–H groups in total. The monoisotopic (exact) mass is 250 g/mol. The summed E-state index contributed by atoms with van der Waals surface area (Å²) in [5.74, 6) is 0.133. The molecule has 0 bridgehead atoms. The van der Waals surface area contributed by atoms with Crippen molar-refractivity contribution in [2.24, 2.45) is 0 Å². The summed E-state index contributed by atoms with van der Waals surface area (Å²) >= 11 is 0. The van der Waals surface area contributed by atoms with E-state index in [0.29, 0.717) is 0 Å². The van der Waals surface area contributed by atoms with Gasteiger partial charge in [-0.1, -0.05) is 0 Å². The van der Waals surface area contributed by atoms with Gasteiger partial charge in [0.2, 0.25) is 5.91 Å². The van der Waals surface area contributed by atoms with E-state index in [4.69, 9.17) is 0 Å². The second-order valence-corrected chi connectivity index (χ2v) is 4.77. The molecule has 98 valence electrons. The number of nitrogens with one attached hydrogen (secondary N) is 1. The van der Waals surface area contributed by atoms with Gasteiger partial charge in [0.15, 0.2) is 0 Å². The SMILES string of the molecule is CC(NC1CCN(C)C1=O)c1cc(O)cc(O)c1. The quantitative estimate of drug-likeness (QED) is 0.747. The van der Waals surface area contributed by atoms with Gasteiger partial charge in [0.25, 0.3) is 0 Å². The Labute approximate surface area is 106 Å². The van der Waals surface area contributed by atoms with Gasteiger partial charge < -0.3 is 15.1 Å². The number of amides is 1. The number of aromatic hydroxyl groups is 2. The minimum Gasteiger partial charge on any atom is -0.508 e. The van der Waals surface area contributed by atoms with Gasteiger partial charge in [-0.3, -0.25) is 10.1 Å². The van der Waals surface area contributed by atoms with Crippen molar-refractivity contribution in [2.45, 2.75) is 25.4 Å². The van der Waals surface area contributed by atoms with Crippen LogP contribution in [0.5, 0.6) is 11.5 Å². The van der Waals surface area contributed by atoms with Gasteiger partial charge in [-0.05, 0) is 31.0 Å². The van der Waals surface area contributed by atoms with Crippen LogP contribution in [0, 0.1) is 0 Å². The van der Waals surface area contributed by atoms with Crippen LogP contribution in [0.25, 0.3) is 0 Å². The Morgan fingerprint density at radius 2 is 1.94 bits per heavy atom. The number of phenols is 2. The van der Waals surface area contributed by atoms with E-state index in [2.05, 4.69) is 5.32 Å². The summed E-state index contributed by atoms with van der Waals surface area (Å²) in [5.41, 5.74) is 0.759. The Kier molecular flexibility index (Phi) is 3.43. The molecule has 0 aliphatic carbocycles. The van der Waals surface area contributed by atoms with Crippen molar-refractivity contribution in [3.63, 3.8) is 0 Å². The summed E-state index contributed by atoms with van der Waals surface area (Å²) in [6.07, 6.45) is 0.782. The second-order valence-electron chi connectivity index (χ2n) is 4.77. The first kappa shape index (κ1) is 12.7. The molecular weight excluding hydrogens is 232 g/mol. The fourth-order valence-corrected chi connectivity index (χ4v) is 2.24. The molecule has 2 atom stereocenters. The second kappa shape index (κ2) is 4.86. The molecule has 1 heterocycles. The molecule has 0 spiro atoms. The van der Waals surface area contributed by atoms with E-state index in [1.807, 2.05) is 6.92 Å². The van der Waals surface area contributed by atoms with E-state index in [-0.39, 0.29) is 29.5 Å². The van der Waals surface area contributed by atoms with Gasteiger partial charge in [0.1, 0.15) is 11.5 Å². The highest BCUT2D eigenvalue weighted by molar-refractivity contribution is 5.83. The molecule has 0 aromatic heterocycles. The zero-order valence-electron chi connectivity index (χ0n) is 10.6. The fraction of sp³-hybridized carbons (Fsp3) is 0.462. The van der Waals surface area contributed by atoms with Crippen LogP contribution in [0.2, 0.25) is 0 Å². The van der Waals surface area contributed by atoms with E-state index in [1.54, 1.807) is 24.1 Å². The summed E-state index contributed by atoms with van der Waals surface area (Å²) in [4.78, 5) is 13.5. The van der Waals surface area contributed by atoms with Crippen molar-refractivity contribution >= 4 is 5.91 Å². The van der Waals surface area contributed by atoms with Crippen LogP contribution in [0.4, 0.5) is 0 Å². The molecule has 1 fully saturated rings. The normalized spacial score (nSPS) is 21.3. The van der Waals surface area contributed by atoms with Crippen LogP contribution in [0.3, 0.4) is 0 Å². The molecule has 1 aromatic carbocycles. The third kappa shape index (κ3) is 2.56. The van der Waals surface area contributed by atoms with Crippen LogP contribution < -0.4 is 5.32 Å². The number of likely N-dealkylation sites (N-methyl/N-ethyl adjacent to an activating group) is 1. The van der Waals surface area contributed by atoms with Crippen molar-refractivity contribution in [2.75, 3.05) is 13.6 Å². The lowest BCUT2D eigenvalue weighted by Crippen LogP contribution is -2.38. The maximum Gasteiger partial charge on any atom is 0.239 e. The van der Waals surface area contributed by atoms with Gasteiger partial charge in [-0.25, -0.2) is 0 Å². The van der Waals surface area contributed by atoms with Crippen molar-refractivity contribution in [3.05, 3.63) is 23.8 Å². The van der Waals surface area contributed by atoms with Crippen LogP contribution >= 0.6 is 0 Å². The van der Waals surface area contributed by atoms with Crippen LogP contribution in [-0.2, 0) is 4.79 Å². The molecule has 1 aliphatic rings. The van der Waals surface area contributed by atoms with Crippen LogP contribution in [0.1, 0.15) is 24.9 Å². The number of carbonyl (C=O) groups excluding carboxylic acids is 1. The maximum atomic E-state index is 11.8. The van der Waals surface area contributed by atoms with E-state index < -0.39 is 0 Å². The summed E-state index contributed by atoms with van der Waals surface area (Å²) in [5, 5.41) is 22.1. The van der Waals surface area contributed by atoms with E-state index in [9.17, 15) is 15.0 Å². The minimum atomic E-state index is -0.186. The maximum absolute atomic E-state index is 11.8. The van der Waals surface area contributed by atoms with Crippen molar-refractivity contribution in [3.8, 4) is 11.5 Å². The molecular formula is C13H18N2O3. The van der Waals surface area contributed by atoms with Gasteiger partial charge >= 0.3 is 0 Å².